The molecule has 0 aliphatic rings. The SMILES string of the molecule is NCCCc1cc2cc[nH]c(=O)c2c2ccccc12. The summed E-state index contributed by atoms with van der Waals surface area (Å²) in [6.45, 7) is 0.682. The first-order valence-corrected chi connectivity index (χ1v) is 6.53. The summed E-state index contributed by atoms with van der Waals surface area (Å²) in [6.07, 6.45) is 3.60. The molecule has 0 saturated heterocycles. The van der Waals surface area contributed by atoms with E-state index in [1.807, 2.05) is 24.3 Å². The Morgan fingerprint density at radius 1 is 1.11 bits per heavy atom. The molecule has 0 unspecified atom stereocenters. The van der Waals surface area contributed by atoms with E-state index in [0.29, 0.717) is 6.54 Å². The Hall–Kier alpha value is -2.13. The third-order valence-corrected chi connectivity index (χ3v) is 3.52. The van der Waals surface area contributed by atoms with Crippen molar-refractivity contribution < 1.29 is 0 Å². The maximum absolute atomic E-state index is 12.0. The number of nitrogens with two attached hydrogens (primary N) is 1. The molecule has 0 saturated carbocycles. The second-order valence-electron chi connectivity index (χ2n) is 4.74. The first-order valence-electron chi connectivity index (χ1n) is 6.53. The van der Waals surface area contributed by atoms with Crippen molar-refractivity contribution in [2.75, 3.05) is 6.54 Å². The highest BCUT2D eigenvalue weighted by atomic mass is 16.1. The first-order chi connectivity index (χ1) is 9.31. The minimum atomic E-state index is -0.0286. The molecule has 3 nitrogen and oxygen atoms in total. The molecule has 3 aromatic rings. The van der Waals surface area contributed by atoms with Crippen LogP contribution in [0.3, 0.4) is 0 Å². The standard InChI is InChI=1S/C16H16N2O/c17-8-3-4-11-10-12-7-9-18-16(19)15(12)14-6-2-1-5-13(11)14/h1-2,5-7,9-10H,3-4,8,17H2,(H,18,19). The Balaban J connectivity index is 2.40. The zero-order chi connectivity index (χ0) is 13.2. The summed E-state index contributed by atoms with van der Waals surface area (Å²) >= 11 is 0. The topological polar surface area (TPSA) is 58.9 Å². The zero-order valence-corrected chi connectivity index (χ0v) is 10.6. The number of aromatic amines is 1. The van der Waals surface area contributed by atoms with E-state index < -0.39 is 0 Å². The fraction of sp³-hybridized carbons (Fsp3) is 0.188. The Kier molecular flexibility index (Phi) is 3.05. The number of hydrogen-bond donors (Lipinski definition) is 2. The summed E-state index contributed by atoms with van der Waals surface area (Å²) in [5.41, 5.74) is 6.84. The van der Waals surface area contributed by atoms with Crippen molar-refractivity contribution >= 4 is 21.5 Å². The first kappa shape index (κ1) is 11.9. The molecule has 1 aromatic heterocycles. The smallest absolute Gasteiger partial charge is 0.256 e. The predicted octanol–water partition coefficient (Wildman–Crippen LogP) is 2.57. The molecule has 0 atom stereocenters. The highest BCUT2D eigenvalue weighted by Gasteiger charge is 2.08. The molecule has 3 heteroatoms. The Bertz CT molecular complexity index is 789. The van der Waals surface area contributed by atoms with E-state index in [9.17, 15) is 4.79 Å². The lowest BCUT2D eigenvalue weighted by molar-refractivity contribution is 0.838. The van der Waals surface area contributed by atoms with Crippen LogP contribution in [0.5, 0.6) is 0 Å². The minimum Gasteiger partial charge on any atom is -0.330 e. The second kappa shape index (κ2) is 4.86. The summed E-state index contributed by atoms with van der Waals surface area (Å²) in [7, 11) is 0. The van der Waals surface area contributed by atoms with Gasteiger partial charge in [-0.2, -0.15) is 0 Å². The monoisotopic (exact) mass is 252 g/mol. The number of fused-ring (bicyclic) bond motifs is 3. The van der Waals surface area contributed by atoms with E-state index >= 15 is 0 Å². The molecule has 0 fully saturated rings. The lowest BCUT2D eigenvalue weighted by atomic mass is 9.96. The van der Waals surface area contributed by atoms with Crippen LogP contribution in [0.4, 0.5) is 0 Å². The van der Waals surface area contributed by atoms with Crippen molar-refractivity contribution in [3.8, 4) is 0 Å². The number of aryl methyl sites for hydroxylation is 1. The largest absolute Gasteiger partial charge is 0.330 e. The molecular formula is C16H16N2O. The number of pyridine rings is 1. The van der Waals surface area contributed by atoms with Crippen LogP contribution in [-0.2, 0) is 6.42 Å². The van der Waals surface area contributed by atoms with E-state index in [1.165, 1.54) is 5.56 Å². The Morgan fingerprint density at radius 2 is 1.89 bits per heavy atom. The molecule has 19 heavy (non-hydrogen) atoms. The third kappa shape index (κ3) is 2.02. The van der Waals surface area contributed by atoms with E-state index in [1.54, 1.807) is 6.20 Å². The normalized spacial score (nSPS) is 11.2. The molecule has 0 spiro atoms. The quantitative estimate of drug-likeness (QED) is 0.704. The summed E-state index contributed by atoms with van der Waals surface area (Å²) < 4.78 is 0. The summed E-state index contributed by atoms with van der Waals surface area (Å²) in [6, 6.07) is 12.1. The minimum absolute atomic E-state index is 0.0286. The number of aromatic nitrogens is 1. The average Bonchev–Trinajstić information content (AvgIpc) is 2.44. The third-order valence-electron chi connectivity index (χ3n) is 3.52. The number of benzene rings is 2. The summed E-state index contributed by atoms with van der Waals surface area (Å²) in [5.74, 6) is 0. The molecule has 0 amide bonds. The van der Waals surface area contributed by atoms with Crippen LogP contribution in [0.15, 0.2) is 47.4 Å². The molecule has 96 valence electrons. The van der Waals surface area contributed by atoms with Crippen molar-refractivity contribution in [3.63, 3.8) is 0 Å². The van der Waals surface area contributed by atoms with Gasteiger partial charge in [-0.15, -0.1) is 0 Å². The molecule has 2 aromatic carbocycles. The van der Waals surface area contributed by atoms with Crippen LogP contribution in [0, 0.1) is 0 Å². The second-order valence-corrected chi connectivity index (χ2v) is 4.74. The van der Waals surface area contributed by atoms with Crippen LogP contribution in [-0.4, -0.2) is 11.5 Å². The van der Waals surface area contributed by atoms with Crippen molar-refractivity contribution in [1.82, 2.24) is 4.98 Å². The number of nitrogens with one attached hydrogen (secondary N) is 1. The molecule has 3 rings (SSSR count). The number of rotatable bonds is 3. The van der Waals surface area contributed by atoms with Crippen molar-refractivity contribution in [2.45, 2.75) is 12.8 Å². The van der Waals surface area contributed by atoms with Crippen molar-refractivity contribution in [3.05, 3.63) is 58.5 Å². The summed E-state index contributed by atoms with van der Waals surface area (Å²) in [5, 5.41) is 3.94. The van der Waals surface area contributed by atoms with Gasteiger partial charge in [0.2, 0.25) is 0 Å². The molecule has 0 bridgehead atoms. The van der Waals surface area contributed by atoms with Crippen LogP contribution in [0.1, 0.15) is 12.0 Å². The molecule has 0 radical (unpaired) electrons. The molecular weight excluding hydrogens is 236 g/mol. The molecule has 1 heterocycles. The predicted molar refractivity (Wildman–Crippen MR) is 79.5 cm³/mol. The van der Waals surface area contributed by atoms with E-state index in [0.717, 1.165) is 34.4 Å². The molecule has 0 aliphatic heterocycles. The maximum atomic E-state index is 12.0. The van der Waals surface area contributed by atoms with Gasteiger partial charge in [-0.3, -0.25) is 4.79 Å². The van der Waals surface area contributed by atoms with Crippen LogP contribution in [0.25, 0.3) is 21.5 Å². The van der Waals surface area contributed by atoms with Gasteiger partial charge in [0, 0.05) is 6.20 Å². The van der Waals surface area contributed by atoms with Gasteiger partial charge in [0.25, 0.3) is 5.56 Å². The molecule has 3 N–H and O–H groups in total. The fourth-order valence-corrected chi connectivity index (χ4v) is 2.64. The van der Waals surface area contributed by atoms with Crippen LogP contribution >= 0.6 is 0 Å². The Labute approximate surface area is 111 Å². The summed E-state index contributed by atoms with van der Waals surface area (Å²) in [4.78, 5) is 14.8. The van der Waals surface area contributed by atoms with E-state index in [2.05, 4.69) is 17.1 Å². The highest BCUT2D eigenvalue weighted by Crippen LogP contribution is 2.27. The van der Waals surface area contributed by atoms with Crippen LogP contribution in [0.2, 0.25) is 0 Å². The van der Waals surface area contributed by atoms with Gasteiger partial charge < -0.3 is 10.7 Å². The average molecular weight is 252 g/mol. The van der Waals surface area contributed by atoms with Crippen LogP contribution < -0.4 is 11.3 Å². The lowest BCUT2D eigenvalue weighted by Gasteiger charge is -2.09. The van der Waals surface area contributed by atoms with Gasteiger partial charge in [0.1, 0.15) is 0 Å². The Morgan fingerprint density at radius 3 is 2.68 bits per heavy atom. The highest BCUT2D eigenvalue weighted by molar-refractivity contribution is 6.08. The van der Waals surface area contributed by atoms with Gasteiger partial charge in [0.05, 0.1) is 5.39 Å². The lowest BCUT2D eigenvalue weighted by Crippen LogP contribution is -2.06. The zero-order valence-electron chi connectivity index (χ0n) is 10.6. The van der Waals surface area contributed by atoms with Gasteiger partial charge in [-0.25, -0.2) is 0 Å². The fourth-order valence-electron chi connectivity index (χ4n) is 2.64. The number of H-pyrrole nitrogens is 1. The van der Waals surface area contributed by atoms with E-state index in [-0.39, 0.29) is 5.56 Å². The van der Waals surface area contributed by atoms with Crippen molar-refractivity contribution in [2.24, 2.45) is 5.73 Å². The molecule has 0 aliphatic carbocycles. The van der Waals surface area contributed by atoms with Gasteiger partial charge >= 0.3 is 0 Å². The maximum Gasteiger partial charge on any atom is 0.256 e. The number of hydrogen-bond acceptors (Lipinski definition) is 2. The van der Waals surface area contributed by atoms with Gasteiger partial charge in [0.15, 0.2) is 0 Å². The van der Waals surface area contributed by atoms with Crippen molar-refractivity contribution in [1.29, 1.82) is 0 Å². The van der Waals surface area contributed by atoms with E-state index in [4.69, 9.17) is 5.73 Å². The van der Waals surface area contributed by atoms with Gasteiger partial charge in [-0.05, 0) is 47.2 Å². The van der Waals surface area contributed by atoms with Gasteiger partial charge in [-0.1, -0.05) is 30.3 Å².